The molecule has 2 aliphatic rings. The van der Waals surface area contributed by atoms with Crippen LogP contribution in [0.4, 0.5) is 5.69 Å². The molecule has 0 bridgehead atoms. The van der Waals surface area contributed by atoms with Crippen molar-refractivity contribution in [1.82, 2.24) is 10.2 Å². The van der Waals surface area contributed by atoms with Gasteiger partial charge in [-0.25, -0.2) is 0 Å². The van der Waals surface area contributed by atoms with Gasteiger partial charge in [0.25, 0.3) is 0 Å². The second-order valence-electron chi connectivity index (χ2n) is 6.55. The van der Waals surface area contributed by atoms with E-state index in [1.54, 1.807) is 0 Å². The van der Waals surface area contributed by atoms with Gasteiger partial charge in [0, 0.05) is 38.3 Å². The molecule has 0 unspecified atom stereocenters. The Kier molecular flexibility index (Phi) is 4.98. The van der Waals surface area contributed by atoms with E-state index < -0.39 is 0 Å². The molecule has 1 N–H and O–H groups in total. The van der Waals surface area contributed by atoms with Crippen molar-refractivity contribution in [2.75, 3.05) is 44.2 Å². The van der Waals surface area contributed by atoms with E-state index in [4.69, 9.17) is 0 Å². The summed E-state index contributed by atoms with van der Waals surface area (Å²) in [5, 5.41) is 3.37. The van der Waals surface area contributed by atoms with Crippen LogP contribution in [0, 0.1) is 12.8 Å². The van der Waals surface area contributed by atoms with Gasteiger partial charge in [0.05, 0.1) is 0 Å². The van der Waals surface area contributed by atoms with E-state index in [-0.39, 0.29) is 0 Å². The summed E-state index contributed by atoms with van der Waals surface area (Å²) in [4.78, 5) is 16.9. The molecular formula is C18H27N3O. The van der Waals surface area contributed by atoms with Gasteiger partial charge in [-0.05, 0) is 50.4 Å². The highest BCUT2D eigenvalue weighted by molar-refractivity contribution is 5.76. The second-order valence-corrected chi connectivity index (χ2v) is 6.55. The van der Waals surface area contributed by atoms with Gasteiger partial charge in [0.1, 0.15) is 0 Å². The maximum atomic E-state index is 12.5. The van der Waals surface area contributed by atoms with E-state index in [1.165, 1.54) is 11.3 Å². The van der Waals surface area contributed by atoms with E-state index >= 15 is 0 Å². The van der Waals surface area contributed by atoms with Crippen molar-refractivity contribution in [3.8, 4) is 0 Å². The first-order chi connectivity index (χ1) is 10.7. The van der Waals surface area contributed by atoms with Crippen LogP contribution in [0.3, 0.4) is 0 Å². The Hall–Kier alpha value is -1.55. The number of rotatable bonds is 3. The fourth-order valence-corrected chi connectivity index (χ4v) is 3.58. The van der Waals surface area contributed by atoms with Crippen molar-refractivity contribution in [3.63, 3.8) is 0 Å². The minimum atomic E-state index is 0.358. The summed E-state index contributed by atoms with van der Waals surface area (Å²) in [7, 11) is 0. The first kappa shape index (κ1) is 15.3. The third-order valence-electron chi connectivity index (χ3n) is 5.01. The van der Waals surface area contributed by atoms with E-state index in [0.29, 0.717) is 11.8 Å². The topological polar surface area (TPSA) is 35.6 Å². The Bertz CT molecular complexity index is 503. The van der Waals surface area contributed by atoms with Crippen LogP contribution < -0.4 is 10.2 Å². The monoisotopic (exact) mass is 301 g/mol. The van der Waals surface area contributed by atoms with Gasteiger partial charge in [0.2, 0.25) is 5.91 Å². The number of hydrogen-bond donors (Lipinski definition) is 1. The number of piperidine rings is 1. The predicted octanol–water partition coefficient (Wildman–Crippen LogP) is 2.03. The van der Waals surface area contributed by atoms with Gasteiger partial charge < -0.3 is 15.1 Å². The van der Waals surface area contributed by atoms with E-state index in [1.807, 2.05) is 0 Å². The molecule has 0 saturated carbocycles. The molecule has 2 heterocycles. The molecule has 2 fully saturated rings. The highest BCUT2D eigenvalue weighted by Crippen LogP contribution is 2.22. The quantitative estimate of drug-likeness (QED) is 0.928. The minimum absolute atomic E-state index is 0.358. The first-order valence-electron chi connectivity index (χ1n) is 8.53. The fraction of sp³-hybridized carbons (Fsp3) is 0.611. The number of piperazine rings is 1. The number of anilines is 1. The van der Waals surface area contributed by atoms with Gasteiger partial charge in [-0.3, -0.25) is 4.79 Å². The molecule has 0 aliphatic carbocycles. The Morgan fingerprint density at radius 1 is 1.14 bits per heavy atom. The van der Waals surface area contributed by atoms with Crippen LogP contribution in [0.1, 0.15) is 24.8 Å². The molecule has 0 atom stereocenters. The average molecular weight is 301 g/mol. The maximum Gasteiger partial charge on any atom is 0.222 e. The number of carbonyl (C=O) groups excluding carboxylic acids is 1. The molecule has 0 aromatic heterocycles. The van der Waals surface area contributed by atoms with Gasteiger partial charge >= 0.3 is 0 Å². The largest absolute Gasteiger partial charge is 0.368 e. The Morgan fingerprint density at radius 2 is 1.82 bits per heavy atom. The van der Waals surface area contributed by atoms with Crippen molar-refractivity contribution in [1.29, 1.82) is 0 Å². The number of benzene rings is 1. The number of nitrogens with zero attached hydrogens (tertiary/aromatic N) is 2. The van der Waals surface area contributed by atoms with Gasteiger partial charge in [-0.15, -0.1) is 0 Å². The first-order valence-corrected chi connectivity index (χ1v) is 8.53. The smallest absolute Gasteiger partial charge is 0.222 e. The number of nitrogens with one attached hydrogen (secondary N) is 1. The SMILES string of the molecule is Cc1ccccc1N1CCN(C(=O)CC2CCNCC2)CC1. The van der Waals surface area contributed by atoms with Gasteiger partial charge in [-0.1, -0.05) is 18.2 Å². The van der Waals surface area contributed by atoms with Crippen LogP contribution in [-0.2, 0) is 4.79 Å². The molecule has 0 radical (unpaired) electrons. The number of carbonyl (C=O) groups is 1. The van der Waals surface area contributed by atoms with Crippen molar-refractivity contribution in [3.05, 3.63) is 29.8 Å². The lowest BCUT2D eigenvalue weighted by atomic mass is 9.94. The number of aryl methyl sites for hydroxylation is 1. The van der Waals surface area contributed by atoms with Crippen molar-refractivity contribution in [2.24, 2.45) is 5.92 Å². The van der Waals surface area contributed by atoms with Crippen LogP contribution in [0.25, 0.3) is 0 Å². The molecule has 4 heteroatoms. The summed E-state index contributed by atoms with van der Waals surface area (Å²) in [5.74, 6) is 0.944. The summed E-state index contributed by atoms with van der Waals surface area (Å²) in [5.41, 5.74) is 2.63. The van der Waals surface area contributed by atoms with Crippen LogP contribution in [0.15, 0.2) is 24.3 Å². The van der Waals surface area contributed by atoms with Crippen molar-refractivity contribution < 1.29 is 4.79 Å². The standard InChI is InChI=1S/C18H27N3O/c1-15-4-2-3-5-17(15)20-10-12-21(13-11-20)18(22)14-16-6-8-19-9-7-16/h2-5,16,19H,6-14H2,1H3. The van der Waals surface area contributed by atoms with Crippen LogP contribution in [0.5, 0.6) is 0 Å². The zero-order valence-corrected chi connectivity index (χ0v) is 13.6. The Labute approximate surface area is 133 Å². The molecule has 2 aliphatic heterocycles. The summed E-state index contributed by atoms with van der Waals surface area (Å²) in [6.07, 6.45) is 3.04. The third kappa shape index (κ3) is 3.61. The summed E-state index contributed by atoms with van der Waals surface area (Å²) >= 11 is 0. The zero-order valence-electron chi connectivity index (χ0n) is 13.6. The molecule has 0 spiro atoms. The van der Waals surface area contributed by atoms with Gasteiger partial charge in [0.15, 0.2) is 0 Å². The Morgan fingerprint density at radius 3 is 2.50 bits per heavy atom. The van der Waals surface area contributed by atoms with E-state index in [9.17, 15) is 4.79 Å². The molecule has 120 valence electrons. The van der Waals surface area contributed by atoms with Gasteiger partial charge in [-0.2, -0.15) is 0 Å². The maximum absolute atomic E-state index is 12.5. The number of hydrogen-bond acceptors (Lipinski definition) is 3. The van der Waals surface area contributed by atoms with Crippen molar-refractivity contribution in [2.45, 2.75) is 26.2 Å². The minimum Gasteiger partial charge on any atom is -0.368 e. The lowest BCUT2D eigenvalue weighted by molar-refractivity contribution is -0.132. The number of amides is 1. The fourth-order valence-electron chi connectivity index (χ4n) is 3.58. The molecule has 4 nitrogen and oxygen atoms in total. The van der Waals surface area contributed by atoms with E-state index in [2.05, 4.69) is 46.3 Å². The van der Waals surface area contributed by atoms with Crippen LogP contribution in [0.2, 0.25) is 0 Å². The molecular weight excluding hydrogens is 274 g/mol. The summed E-state index contributed by atoms with van der Waals surface area (Å²) in [6.45, 7) is 7.91. The summed E-state index contributed by atoms with van der Waals surface area (Å²) in [6, 6.07) is 8.51. The number of para-hydroxylation sites is 1. The van der Waals surface area contributed by atoms with Crippen LogP contribution >= 0.6 is 0 Å². The predicted molar refractivity (Wildman–Crippen MR) is 90.2 cm³/mol. The molecule has 2 saturated heterocycles. The highest BCUT2D eigenvalue weighted by Gasteiger charge is 2.24. The van der Waals surface area contributed by atoms with Crippen LogP contribution in [-0.4, -0.2) is 50.1 Å². The molecule has 1 aromatic rings. The second kappa shape index (κ2) is 7.14. The molecule has 3 rings (SSSR count). The van der Waals surface area contributed by atoms with Crippen molar-refractivity contribution >= 4 is 11.6 Å². The normalized spacial score (nSPS) is 20.2. The molecule has 22 heavy (non-hydrogen) atoms. The third-order valence-corrected chi connectivity index (χ3v) is 5.01. The lowest BCUT2D eigenvalue weighted by Crippen LogP contribution is -2.49. The highest BCUT2D eigenvalue weighted by atomic mass is 16.2. The molecule has 1 aromatic carbocycles. The lowest BCUT2D eigenvalue weighted by Gasteiger charge is -2.37. The zero-order chi connectivity index (χ0) is 15.4. The Balaban J connectivity index is 1.51. The summed E-state index contributed by atoms with van der Waals surface area (Å²) < 4.78 is 0. The van der Waals surface area contributed by atoms with E-state index in [0.717, 1.165) is 58.5 Å². The molecule has 1 amide bonds. The average Bonchev–Trinajstić information content (AvgIpc) is 2.56.